The van der Waals surface area contributed by atoms with Gasteiger partial charge in [-0.05, 0) is 24.5 Å². The Balaban J connectivity index is 3.02. The molecule has 108 valence electrons. The zero-order chi connectivity index (χ0) is 14.6. The Morgan fingerprint density at radius 2 is 1.95 bits per heavy atom. The summed E-state index contributed by atoms with van der Waals surface area (Å²) in [7, 11) is -3.98. The molecule has 0 saturated carbocycles. The first-order valence-corrected chi connectivity index (χ1v) is 7.44. The van der Waals surface area contributed by atoms with Gasteiger partial charge in [0.1, 0.15) is 10.7 Å². The quantitative estimate of drug-likeness (QED) is 0.839. The highest BCUT2D eigenvalue weighted by atomic mass is 32.2. The minimum absolute atomic E-state index is 0.203. The van der Waals surface area contributed by atoms with Crippen LogP contribution in [0.25, 0.3) is 0 Å². The van der Waals surface area contributed by atoms with Crippen LogP contribution in [0.3, 0.4) is 0 Å². The van der Waals surface area contributed by atoms with Gasteiger partial charge >= 0.3 is 0 Å². The monoisotopic (exact) mass is 292 g/mol. The number of rotatable bonds is 6. The van der Waals surface area contributed by atoms with Crippen LogP contribution in [0.4, 0.5) is 8.78 Å². The maximum absolute atomic E-state index is 13.9. The predicted molar refractivity (Wildman–Crippen MR) is 68.9 cm³/mol. The Morgan fingerprint density at radius 1 is 1.32 bits per heavy atom. The molecule has 0 spiro atoms. The summed E-state index contributed by atoms with van der Waals surface area (Å²) in [6.45, 7) is 3.69. The first-order chi connectivity index (χ1) is 8.79. The molecule has 0 aliphatic rings. The van der Waals surface area contributed by atoms with Crippen LogP contribution in [0.1, 0.15) is 25.8 Å². The van der Waals surface area contributed by atoms with E-state index in [1.54, 1.807) is 0 Å². The van der Waals surface area contributed by atoms with E-state index in [1.807, 2.05) is 13.8 Å². The van der Waals surface area contributed by atoms with Crippen LogP contribution in [-0.4, -0.2) is 15.0 Å². The lowest BCUT2D eigenvalue weighted by Gasteiger charge is -2.11. The summed E-state index contributed by atoms with van der Waals surface area (Å²) >= 11 is 0. The van der Waals surface area contributed by atoms with E-state index in [9.17, 15) is 17.2 Å². The normalized spacial score (nSPS) is 12.1. The minimum Gasteiger partial charge on any atom is -0.326 e. The summed E-state index contributed by atoms with van der Waals surface area (Å²) in [5, 5.41) is 0. The van der Waals surface area contributed by atoms with E-state index in [1.165, 1.54) is 0 Å². The van der Waals surface area contributed by atoms with Crippen LogP contribution >= 0.6 is 0 Å². The molecule has 0 fully saturated rings. The highest BCUT2D eigenvalue weighted by Gasteiger charge is 2.22. The second-order valence-corrected chi connectivity index (χ2v) is 6.36. The topological polar surface area (TPSA) is 72.2 Å². The maximum atomic E-state index is 13.9. The van der Waals surface area contributed by atoms with E-state index in [0.29, 0.717) is 12.3 Å². The molecule has 19 heavy (non-hydrogen) atoms. The smallest absolute Gasteiger partial charge is 0.243 e. The predicted octanol–water partition coefficient (Wildman–Crippen LogP) is 1.75. The molecule has 0 aromatic heterocycles. The van der Waals surface area contributed by atoms with E-state index in [-0.39, 0.29) is 6.54 Å². The molecule has 0 unspecified atom stereocenters. The molecule has 0 saturated heterocycles. The number of hydrogen-bond acceptors (Lipinski definition) is 3. The molecule has 1 aromatic rings. The van der Waals surface area contributed by atoms with Crippen molar-refractivity contribution in [3.63, 3.8) is 0 Å². The van der Waals surface area contributed by atoms with Gasteiger partial charge in [0.25, 0.3) is 0 Å². The van der Waals surface area contributed by atoms with E-state index >= 15 is 0 Å². The molecule has 4 nitrogen and oxygen atoms in total. The fourth-order valence-electron chi connectivity index (χ4n) is 1.53. The number of benzene rings is 1. The van der Waals surface area contributed by atoms with Gasteiger partial charge in [0, 0.05) is 18.7 Å². The first-order valence-electron chi connectivity index (χ1n) is 5.96. The third-order valence-electron chi connectivity index (χ3n) is 2.66. The van der Waals surface area contributed by atoms with Crippen LogP contribution in [-0.2, 0) is 16.6 Å². The summed E-state index contributed by atoms with van der Waals surface area (Å²) in [5.41, 5.74) is 4.78. The lowest BCUT2D eigenvalue weighted by atomic mass is 10.1. The van der Waals surface area contributed by atoms with Crippen molar-refractivity contribution in [3.05, 3.63) is 29.3 Å². The molecule has 0 amide bonds. The van der Waals surface area contributed by atoms with Crippen molar-refractivity contribution in [1.29, 1.82) is 0 Å². The van der Waals surface area contributed by atoms with E-state index < -0.39 is 38.7 Å². The summed E-state index contributed by atoms with van der Waals surface area (Å²) in [6.07, 6.45) is 0.631. The van der Waals surface area contributed by atoms with Crippen molar-refractivity contribution in [2.24, 2.45) is 11.7 Å². The van der Waals surface area contributed by atoms with Gasteiger partial charge < -0.3 is 5.73 Å². The molecule has 3 N–H and O–H groups in total. The standard InChI is InChI=1S/C12H18F2N2O2S/c1-8(2)5-6-16-19(17,18)11-4-3-10(13)9(7-15)12(11)14/h3-4,8,16H,5-7,15H2,1-2H3. The fourth-order valence-corrected chi connectivity index (χ4v) is 2.68. The van der Waals surface area contributed by atoms with Gasteiger partial charge in [-0.2, -0.15) is 0 Å². The molecule has 0 bridgehead atoms. The van der Waals surface area contributed by atoms with Crippen LogP contribution in [0.5, 0.6) is 0 Å². The van der Waals surface area contributed by atoms with Crippen LogP contribution < -0.4 is 10.5 Å². The zero-order valence-corrected chi connectivity index (χ0v) is 11.7. The largest absolute Gasteiger partial charge is 0.326 e. The van der Waals surface area contributed by atoms with Gasteiger partial charge in [0.15, 0.2) is 5.82 Å². The SMILES string of the molecule is CC(C)CCNS(=O)(=O)c1ccc(F)c(CN)c1F. The molecule has 1 aromatic carbocycles. The number of nitrogens with one attached hydrogen (secondary N) is 1. The van der Waals surface area contributed by atoms with Gasteiger partial charge in [-0.3, -0.25) is 0 Å². The van der Waals surface area contributed by atoms with Gasteiger partial charge in [0.05, 0.1) is 0 Å². The fraction of sp³-hybridized carbons (Fsp3) is 0.500. The minimum atomic E-state index is -3.98. The highest BCUT2D eigenvalue weighted by molar-refractivity contribution is 7.89. The van der Waals surface area contributed by atoms with Crippen molar-refractivity contribution in [2.45, 2.75) is 31.7 Å². The summed E-state index contributed by atoms with van der Waals surface area (Å²) in [4.78, 5) is -0.571. The van der Waals surface area contributed by atoms with Gasteiger partial charge in [-0.1, -0.05) is 13.8 Å². The Morgan fingerprint density at radius 3 is 2.47 bits per heavy atom. The van der Waals surface area contributed by atoms with E-state index in [2.05, 4.69) is 4.72 Å². The second kappa shape index (κ2) is 6.40. The van der Waals surface area contributed by atoms with Gasteiger partial charge in [-0.15, -0.1) is 0 Å². The van der Waals surface area contributed by atoms with E-state index in [4.69, 9.17) is 5.73 Å². The third-order valence-corrected chi connectivity index (χ3v) is 4.14. The number of sulfonamides is 1. The maximum Gasteiger partial charge on any atom is 0.243 e. The summed E-state index contributed by atoms with van der Waals surface area (Å²) < 4.78 is 53.2. The molecular formula is C12H18F2N2O2S. The average Bonchev–Trinajstić information content (AvgIpc) is 2.28. The van der Waals surface area contributed by atoms with Gasteiger partial charge in [0.2, 0.25) is 10.0 Å². The Labute approximate surface area is 112 Å². The number of nitrogens with two attached hydrogens (primary N) is 1. The molecule has 0 radical (unpaired) electrons. The lowest BCUT2D eigenvalue weighted by molar-refractivity contribution is 0.520. The molecule has 0 heterocycles. The van der Waals surface area contributed by atoms with Crippen molar-refractivity contribution in [2.75, 3.05) is 6.54 Å². The number of halogens is 2. The average molecular weight is 292 g/mol. The Bertz CT molecular complexity index is 545. The van der Waals surface area contributed by atoms with Crippen molar-refractivity contribution in [3.8, 4) is 0 Å². The molecular weight excluding hydrogens is 274 g/mol. The van der Waals surface area contributed by atoms with Crippen molar-refractivity contribution in [1.82, 2.24) is 4.72 Å². The van der Waals surface area contributed by atoms with Gasteiger partial charge in [-0.25, -0.2) is 21.9 Å². The molecule has 0 atom stereocenters. The summed E-state index contributed by atoms with van der Waals surface area (Å²) in [5.74, 6) is -1.65. The van der Waals surface area contributed by atoms with Crippen molar-refractivity contribution >= 4 is 10.0 Å². The zero-order valence-electron chi connectivity index (χ0n) is 10.9. The highest BCUT2D eigenvalue weighted by Crippen LogP contribution is 2.20. The molecule has 0 aliphatic carbocycles. The Kier molecular flexibility index (Phi) is 5.39. The number of hydrogen-bond donors (Lipinski definition) is 2. The lowest BCUT2D eigenvalue weighted by Crippen LogP contribution is -2.27. The second-order valence-electron chi connectivity index (χ2n) is 4.62. The molecule has 1 rings (SSSR count). The Hall–Kier alpha value is -1.05. The van der Waals surface area contributed by atoms with E-state index in [0.717, 1.165) is 12.1 Å². The van der Waals surface area contributed by atoms with Crippen LogP contribution in [0.2, 0.25) is 0 Å². The first kappa shape index (κ1) is 16.0. The molecule has 0 aliphatic heterocycles. The van der Waals surface area contributed by atoms with Crippen LogP contribution in [0.15, 0.2) is 17.0 Å². The third kappa shape index (κ3) is 3.95. The summed E-state index contributed by atoms with van der Waals surface area (Å²) in [6, 6.07) is 1.81. The van der Waals surface area contributed by atoms with Crippen LogP contribution in [0, 0.1) is 17.6 Å². The van der Waals surface area contributed by atoms with Crippen molar-refractivity contribution < 1.29 is 17.2 Å². The molecule has 7 heteroatoms.